The molecule has 0 radical (unpaired) electrons. The summed E-state index contributed by atoms with van der Waals surface area (Å²) in [7, 11) is 0. The lowest BCUT2D eigenvalue weighted by molar-refractivity contribution is -0.0581. The summed E-state index contributed by atoms with van der Waals surface area (Å²) in [6.45, 7) is 4.69. The predicted octanol–water partition coefficient (Wildman–Crippen LogP) is 2.37. The van der Waals surface area contributed by atoms with Crippen molar-refractivity contribution in [1.82, 2.24) is 20.4 Å². The maximum absolute atomic E-state index is 12.8. The number of hydrogen-bond acceptors (Lipinski definition) is 4. The number of carbonyl (C=O) groups excluding carboxylic acids is 1. The van der Waals surface area contributed by atoms with Crippen LogP contribution in [0.4, 0.5) is 0 Å². The number of ether oxygens (including phenoxy) is 1. The van der Waals surface area contributed by atoms with Crippen LogP contribution in [0.3, 0.4) is 0 Å². The minimum Gasteiger partial charge on any atom is -0.375 e. The molecule has 6 heteroatoms. The summed E-state index contributed by atoms with van der Waals surface area (Å²) in [5.74, 6) is 0.704. The lowest BCUT2D eigenvalue weighted by atomic mass is 10.1. The number of rotatable bonds is 4. The minimum atomic E-state index is -0.0633. The van der Waals surface area contributed by atoms with Gasteiger partial charge in [-0.1, -0.05) is 30.3 Å². The average Bonchev–Trinajstić information content (AvgIpc) is 3.35. The SMILES string of the molecule is Cc1c(-c2ccccc2)n[nH]c1C(=O)N[C@@H]1C[C@H]2CO[C@H](C3CC3)CN2C1. The third kappa shape index (κ3) is 3.28. The van der Waals surface area contributed by atoms with E-state index in [9.17, 15) is 4.79 Å². The van der Waals surface area contributed by atoms with Crippen molar-refractivity contribution in [2.75, 3.05) is 19.7 Å². The van der Waals surface area contributed by atoms with E-state index in [1.807, 2.05) is 37.3 Å². The van der Waals surface area contributed by atoms with Gasteiger partial charge in [-0.05, 0) is 32.1 Å². The number of hydrogen-bond donors (Lipinski definition) is 2. The second-order valence-corrected chi connectivity index (χ2v) is 8.16. The van der Waals surface area contributed by atoms with Crippen LogP contribution in [-0.4, -0.2) is 58.9 Å². The largest absolute Gasteiger partial charge is 0.375 e. The second kappa shape index (κ2) is 6.77. The molecule has 1 amide bonds. The van der Waals surface area contributed by atoms with Gasteiger partial charge >= 0.3 is 0 Å². The quantitative estimate of drug-likeness (QED) is 0.872. The summed E-state index contributed by atoms with van der Waals surface area (Å²) in [5.41, 5.74) is 3.31. The van der Waals surface area contributed by atoms with Crippen LogP contribution in [-0.2, 0) is 4.74 Å². The average molecular weight is 366 g/mol. The van der Waals surface area contributed by atoms with Crippen molar-refractivity contribution in [2.24, 2.45) is 5.92 Å². The van der Waals surface area contributed by atoms with Crippen LogP contribution in [0.5, 0.6) is 0 Å². The van der Waals surface area contributed by atoms with E-state index in [2.05, 4.69) is 20.4 Å². The maximum Gasteiger partial charge on any atom is 0.269 e. The molecule has 2 N–H and O–H groups in total. The van der Waals surface area contributed by atoms with Crippen molar-refractivity contribution < 1.29 is 9.53 Å². The normalized spacial score (nSPS) is 28.1. The van der Waals surface area contributed by atoms with Gasteiger partial charge in [-0.2, -0.15) is 5.10 Å². The highest BCUT2D eigenvalue weighted by atomic mass is 16.5. The smallest absolute Gasteiger partial charge is 0.269 e. The number of aromatic amines is 1. The molecule has 27 heavy (non-hydrogen) atoms. The number of benzene rings is 1. The van der Waals surface area contributed by atoms with Crippen LogP contribution < -0.4 is 5.32 Å². The Morgan fingerprint density at radius 2 is 2.07 bits per heavy atom. The summed E-state index contributed by atoms with van der Waals surface area (Å²) < 4.78 is 6.05. The number of morpholine rings is 1. The molecule has 3 atom stereocenters. The highest BCUT2D eigenvalue weighted by Crippen LogP contribution is 2.38. The fourth-order valence-corrected chi connectivity index (χ4v) is 4.51. The minimum absolute atomic E-state index is 0.0633. The van der Waals surface area contributed by atoms with E-state index in [1.165, 1.54) is 12.8 Å². The Balaban J connectivity index is 1.24. The van der Waals surface area contributed by atoms with E-state index >= 15 is 0 Å². The Morgan fingerprint density at radius 3 is 2.85 bits per heavy atom. The Bertz CT molecular complexity index is 830. The molecule has 3 fully saturated rings. The Kier molecular flexibility index (Phi) is 4.25. The molecule has 1 saturated carbocycles. The molecule has 3 aliphatic rings. The summed E-state index contributed by atoms with van der Waals surface area (Å²) >= 11 is 0. The molecule has 0 bridgehead atoms. The standard InChI is InChI=1S/C21H26N4O2/c1-13-19(15-5-3-2-4-6-15)23-24-20(13)21(26)22-16-9-17-12-27-18(14-7-8-14)11-25(17)10-16/h2-6,14,16-18H,7-12H2,1H3,(H,22,26)(H,23,24)/t16-,17+,18+/m1/s1. The predicted molar refractivity (Wildman–Crippen MR) is 102 cm³/mol. The van der Waals surface area contributed by atoms with Crippen LogP contribution in [0.25, 0.3) is 11.3 Å². The lowest BCUT2D eigenvalue weighted by Gasteiger charge is -2.35. The number of carbonyl (C=O) groups is 1. The number of H-pyrrole nitrogens is 1. The molecular weight excluding hydrogens is 340 g/mol. The van der Waals surface area contributed by atoms with E-state index < -0.39 is 0 Å². The van der Waals surface area contributed by atoms with Gasteiger partial charge in [-0.25, -0.2) is 0 Å². The number of nitrogens with one attached hydrogen (secondary N) is 2. The molecule has 5 rings (SSSR count). The molecule has 2 aliphatic heterocycles. The van der Waals surface area contributed by atoms with Crippen LogP contribution in [0, 0.1) is 12.8 Å². The molecule has 2 aromatic rings. The van der Waals surface area contributed by atoms with Crippen LogP contribution >= 0.6 is 0 Å². The highest BCUT2D eigenvalue weighted by Gasteiger charge is 2.42. The van der Waals surface area contributed by atoms with E-state index in [1.54, 1.807) is 0 Å². The van der Waals surface area contributed by atoms with Crippen LogP contribution in [0.15, 0.2) is 30.3 Å². The van der Waals surface area contributed by atoms with E-state index in [0.717, 1.165) is 48.9 Å². The van der Waals surface area contributed by atoms with Crippen molar-refractivity contribution in [1.29, 1.82) is 0 Å². The van der Waals surface area contributed by atoms with Gasteiger partial charge in [0.05, 0.1) is 18.4 Å². The molecule has 2 saturated heterocycles. The molecule has 0 spiro atoms. The van der Waals surface area contributed by atoms with Gasteiger partial charge in [-0.15, -0.1) is 0 Å². The third-order valence-corrected chi connectivity index (χ3v) is 6.21. The Hall–Kier alpha value is -2.18. The van der Waals surface area contributed by atoms with E-state index in [-0.39, 0.29) is 11.9 Å². The number of amides is 1. The molecule has 1 aromatic heterocycles. The molecule has 3 heterocycles. The van der Waals surface area contributed by atoms with Crippen LogP contribution in [0.2, 0.25) is 0 Å². The zero-order valence-electron chi connectivity index (χ0n) is 15.6. The monoisotopic (exact) mass is 366 g/mol. The van der Waals surface area contributed by atoms with E-state index in [0.29, 0.717) is 17.8 Å². The zero-order chi connectivity index (χ0) is 18.4. The van der Waals surface area contributed by atoms with Gasteiger partial charge in [0.1, 0.15) is 5.69 Å². The summed E-state index contributed by atoms with van der Waals surface area (Å²) in [4.78, 5) is 15.3. The first kappa shape index (κ1) is 17.0. The number of nitrogens with zero attached hydrogens (tertiary/aromatic N) is 2. The summed E-state index contributed by atoms with van der Waals surface area (Å²) in [5, 5.41) is 10.5. The lowest BCUT2D eigenvalue weighted by Crippen LogP contribution is -2.47. The van der Waals surface area contributed by atoms with Crippen molar-refractivity contribution in [3.63, 3.8) is 0 Å². The molecule has 0 unspecified atom stereocenters. The molecular formula is C21H26N4O2. The van der Waals surface area contributed by atoms with Crippen LogP contribution in [0.1, 0.15) is 35.3 Å². The van der Waals surface area contributed by atoms with Gasteiger partial charge in [-0.3, -0.25) is 14.8 Å². The fourth-order valence-electron chi connectivity index (χ4n) is 4.51. The van der Waals surface area contributed by atoms with Crippen molar-refractivity contribution >= 4 is 5.91 Å². The van der Waals surface area contributed by atoms with Gasteiger partial charge in [0.25, 0.3) is 5.91 Å². The first-order valence-electron chi connectivity index (χ1n) is 9.96. The van der Waals surface area contributed by atoms with Crippen molar-refractivity contribution in [2.45, 2.75) is 44.4 Å². The van der Waals surface area contributed by atoms with Crippen molar-refractivity contribution in [3.05, 3.63) is 41.6 Å². The van der Waals surface area contributed by atoms with Gasteiger partial charge in [0.2, 0.25) is 0 Å². The topological polar surface area (TPSA) is 70.2 Å². The first-order valence-corrected chi connectivity index (χ1v) is 9.96. The number of aromatic nitrogens is 2. The molecule has 142 valence electrons. The summed E-state index contributed by atoms with van der Waals surface area (Å²) in [6, 6.07) is 10.6. The van der Waals surface area contributed by atoms with Gasteiger partial charge < -0.3 is 10.1 Å². The van der Waals surface area contributed by atoms with Gasteiger partial charge in [0, 0.05) is 36.3 Å². The third-order valence-electron chi connectivity index (χ3n) is 6.21. The fraction of sp³-hybridized carbons (Fsp3) is 0.524. The molecule has 1 aliphatic carbocycles. The van der Waals surface area contributed by atoms with Gasteiger partial charge in [0.15, 0.2) is 0 Å². The zero-order valence-corrected chi connectivity index (χ0v) is 15.6. The van der Waals surface area contributed by atoms with Crippen molar-refractivity contribution in [3.8, 4) is 11.3 Å². The Morgan fingerprint density at radius 1 is 1.26 bits per heavy atom. The highest BCUT2D eigenvalue weighted by molar-refractivity contribution is 5.95. The summed E-state index contributed by atoms with van der Waals surface area (Å²) in [6.07, 6.45) is 3.99. The molecule has 6 nitrogen and oxygen atoms in total. The van der Waals surface area contributed by atoms with E-state index in [4.69, 9.17) is 4.74 Å². The maximum atomic E-state index is 12.8. The number of fused-ring (bicyclic) bond motifs is 1. The first-order chi connectivity index (χ1) is 13.2. The second-order valence-electron chi connectivity index (χ2n) is 8.16. The Labute approximate surface area is 159 Å². The molecule has 1 aromatic carbocycles.